The van der Waals surface area contributed by atoms with Gasteiger partial charge in [-0.05, 0) is 35.9 Å². The Labute approximate surface area is 207 Å². The Kier molecular flexibility index (Phi) is 6.01. The smallest absolute Gasteiger partial charge is 0.231 e. The fraction of sp³-hybridized carbons (Fsp3) is 0.269. The lowest BCUT2D eigenvalue weighted by molar-refractivity contribution is -0.149. The van der Waals surface area contributed by atoms with Crippen molar-refractivity contribution in [2.75, 3.05) is 20.0 Å². The van der Waals surface area contributed by atoms with Gasteiger partial charge in [-0.1, -0.05) is 18.2 Å². The number of carbonyl (C=O) groups is 1. The zero-order valence-corrected chi connectivity index (χ0v) is 20.2. The lowest BCUT2D eigenvalue weighted by atomic mass is 9.84. The van der Waals surface area contributed by atoms with Gasteiger partial charge < -0.3 is 14.6 Å². The quantitative estimate of drug-likeness (QED) is 0.566. The van der Waals surface area contributed by atoms with Crippen LogP contribution in [0.15, 0.2) is 71.5 Å². The van der Waals surface area contributed by atoms with Crippen molar-refractivity contribution >= 4 is 17.7 Å². The molecule has 5 rings (SSSR count). The number of amides is 1. The van der Waals surface area contributed by atoms with E-state index in [4.69, 9.17) is 9.47 Å². The van der Waals surface area contributed by atoms with Crippen molar-refractivity contribution in [1.29, 1.82) is 5.26 Å². The van der Waals surface area contributed by atoms with E-state index in [1.165, 1.54) is 16.7 Å². The summed E-state index contributed by atoms with van der Waals surface area (Å²) in [7, 11) is 3.19. The predicted octanol–water partition coefficient (Wildman–Crippen LogP) is 3.59. The van der Waals surface area contributed by atoms with Gasteiger partial charge in [0, 0.05) is 35.9 Å². The molecule has 2 aliphatic rings. The summed E-state index contributed by atoms with van der Waals surface area (Å²) in [6.07, 6.45) is 3.66. The predicted molar refractivity (Wildman–Crippen MR) is 131 cm³/mol. The fourth-order valence-electron chi connectivity index (χ4n) is 4.69. The summed E-state index contributed by atoms with van der Waals surface area (Å²) in [5.41, 5.74) is 1.29. The summed E-state index contributed by atoms with van der Waals surface area (Å²) < 4.78 is 12.5. The molecule has 1 N–H and O–H groups in total. The first-order valence-electron chi connectivity index (χ1n) is 11.1. The summed E-state index contributed by atoms with van der Waals surface area (Å²) in [5.74, 6) is 0.976. The van der Waals surface area contributed by atoms with Crippen LogP contribution in [0.2, 0.25) is 0 Å². The van der Waals surface area contributed by atoms with Crippen molar-refractivity contribution in [1.82, 2.24) is 14.7 Å². The van der Waals surface area contributed by atoms with Crippen LogP contribution in [0, 0.1) is 11.3 Å². The van der Waals surface area contributed by atoms with Gasteiger partial charge in [-0.15, -0.1) is 11.8 Å². The third-order valence-corrected chi connectivity index (χ3v) is 7.68. The number of fused-ring (bicyclic) bond motifs is 1. The number of aliphatic hydroxyl groups is 1. The van der Waals surface area contributed by atoms with E-state index in [9.17, 15) is 15.2 Å². The van der Waals surface area contributed by atoms with Crippen LogP contribution in [0.25, 0.3) is 0 Å². The first-order valence-corrected chi connectivity index (χ1v) is 12.1. The normalized spacial score (nSPS) is 21.6. The highest BCUT2D eigenvalue weighted by molar-refractivity contribution is 8.03. The first kappa shape index (κ1) is 23.0. The third kappa shape index (κ3) is 3.95. The summed E-state index contributed by atoms with van der Waals surface area (Å²) in [6.45, 7) is 0.501. The van der Waals surface area contributed by atoms with Gasteiger partial charge in [0.25, 0.3) is 0 Å². The van der Waals surface area contributed by atoms with Crippen LogP contribution in [0.1, 0.15) is 29.0 Å². The van der Waals surface area contributed by atoms with Crippen molar-refractivity contribution in [3.8, 4) is 17.6 Å². The molecule has 2 unspecified atom stereocenters. The van der Waals surface area contributed by atoms with Crippen LogP contribution in [-0.4, -0.2) is 45.7 Å². The number of methoxy groups -OCH3 is 2. The maximum absolute atomic E-state index is 13.4. The summed E-state index contributed by atoms with van der Waals surface area (Å²) in [4.78, 5) is 14.8. The zero-order valence-electron chi connectivity index (χ0n) is 19.3. The molecule has 2 aliphatic heterocycles. The number of nitriles is 1. The molecule has 1 saturated heterocycles. The molecule has 0 aliphatic carbocycles. The Bertz CT molecular complexity index is 1330. The molecule has 1 fully saturated rings. The molecular formula is C26H24N4O4S. The number of allylic oxidation sites excluding steroid dienone is 1. The van der Waals surface area contributed by atoms with E-state index in [-0.39, 0.29) is 18.1 Å². The number of benzene rings is 2. The fourth-order valence-corrected chi connectivity index (χ4v) is 6.05. The third-order valence-electron chi connectivity index (χ3n) is 6.46. The van der Waals surface area contributed by atoms with Gasteiger partial charge in [-0.3, -0.25) is 14.4 Å². The van der Waals surface area contributed by atoms with Crippen molar-refractivity contribution in [3.05, 3.63) is 88.2 Å². The summed E-state index contributed by atoms with van der Waals surface area (Å²) >= 11 is 1.33. The highest BCUT2D eigenvalue weighted by Gasteiger charge is 2.51. The Morgan fingerprint density at radius 1 is 1.23 bits per heavy atom. The second-order valence-corrected chi connectivity index (χ2v) is 9.39. The number of rotatable bonds is 6. The Morgan fingerprint density at radius 3 is 2.69 bits per heavy atom. The number of nitrogens with zero attached hydrogens (tertiary/aromatic N) is 4. The molecule has 2 aromatic carbocycles. The van der Waals surface area contributed by atoms with E-state index in [0.29, 0.717) is 34.2 Å². The molecule has 3 aromatic rings. The second kappa shape index (κ2) is 9.13. The number of ether oxygens (including phenoxy) is 2. The lowest BCUT2D eigenvalue weighted by Crippen LogP contribution is -2.48. The van der Waals surface area contributed by atoms with Gasteiger partial charge in [0.1, 0.15) is 11.5 Å². The molecule has 178 valence electrons. The molecule has 2 atom stereocenters. The van der Waals surface area contributed by atoms with Crippen molar-refractivity contribution in [3.63, 3.8) is 0 Å². The van der Waals surface area contributed by atoms with Gasteiger partial charge in [-0.25, -0.2) is 0 Å². The Morgan fingerprint density at radius 2 is 2.03 bits per heavy atom. The zero-order chi connectivity index (χ0) is 24.6. The highest BCUT2D eigenvalue weighted by atomic mass is 32.2. The highest BCUT2D eigenvalue weighted by Crippen LogP contribution is 2.52. The minimum Gasteiger partial charge on any atom is -0.497 e. The Hall–Kier alpha value is -3.74. The van der Waals surface area contributed by atoms with Crippen LogP contribution in [0.3, 0.4) is 0 Å². The molecule has 0 saturated carbocycles. The minimum absolute atomic E-state index is 0.0823. The van der Waals surface area contributed by atoms with E-state index in [1.54, 1.807) is 49.4 Å². The second-order valence-electron chi connectivity index (χ2n) is 8.43. The average molecular weight is 489 g/mol. The van der Waals surface area contributed by atoms with Gasteiger partial charge >= 0.3 is 0 Å². The summed E-state index contributed by atoms with van der Waals surface area (Å²) in [5, 5.41) is 26.5. The van der Waals surface area contributed by atoms with E-state index >= 15 is 0 Å². The van der Waals surface area contributed by atoms with Gasteiger partial charge in [0.15, 0.2) is 5.72 Å². The van der Waals surface area contributed by atoms with E-state index in [0.717, 1.165) is 11.1 Å². The largest absolute Gasteiger partial charge is 0.497 e. The minimum atomic E-state index is -1.53. The standard InChI is InChI=1S/C26H24N4O4S/c1-33-20-7-5-19(6-8-20)26(32)16-35-25-22(14-27)21(13-24(31)30(25)26)17-4-9-23(34-2)18(12-17)15-29-11-3-10-28-29/h3-12,21,32H,13,15-16H2,1-2H3. The molecular weight excluding hydrogens is 464 g/mol. The number of hydrogen-bond donors (Lipinski definition) is 1. The maximum Gasteiger partial charge on any atom is 0.231 e. The number of aromatic nitrogens is 2. The average Bonchev–Trinajstić information content (AvgIpc) is 3.52. The van der Waals surface area contributed by atoms with Gasteiger partial charge in [0.05, 0.1) is 43.2 Å². The number of hydrogen-bond acceptors (Lipinski definition) is 7. The van der Waals surface area contributed by atoms with E-state index < -0.39 is 11.6 Å². The number of carbonyl (C=O) groups excluding carboxylic acids is 1. The van der Waals surface area contributed by atoms with Crippen LogP contribution < -0.4 is 9.47 Å². The maximum atomic E-state index is 13.4. The molecule has 8 nitrogen and oxygen atoms in total. The van der Waals surface area contributed by atoms with Crippen LogP contribution >= 0.6 is 11.8 Å². The van der Waals surface area contributed by atoms with Gasteiger partial charge in [0.2, 0.25) is 5.91 Å². The number of thioether (sulfide) groups is 1. The van der Waals surface area contributed by atoms with Gasteiger partial charge in [-0.2, -0.15) is 10.4 Å². The molecule has 3 heterocycles. The molecule has 1 aromatic heterocycles. The molecule has 35 heavy (non-hydrogen) atoms. The monoisotopic (exact) mass is 488 g/mol. The van der Waals surface area contributed by atoms with E-state index in [2.05, 4.69) is 11.2 Å². The first-order chi connectivity index (χ1) is 17.0. The molecule has 0 spiro atoms. The van der Waals surface area contributed by atoms with Crippen molar-refractivity contribution < 1.29 is 19.4 Å². The molecule has 0 radical (unpaired) electrons. The van der Waals surface area contributed by atoms with Crippen LogP contribution in [-0.2, 0) is 17.1 Å². The topological polar surface area (TPSA) is 101 Å². The van der Waals surface area contributed by atoms with E-state index in [1.807, 2.05) is 30.5 Å². The van der Waals surface area contributed by atoms with Crippen molar-refractivity contribution in [2.45, 2.75) is 24.6 Å². The molecule has 9 heteroatoms. The van der Waals surface area contributed by atoms with Crippen LogP contribution in [0.5, 0.6) is 11.5 Å². The van der Waals surface area contributed by atoms with Crippen molar-refractivity contribution in [2.24, 2.45) is 0 Å². The SMILES string of the molecule is COc1ccc(C2(O)CSC3=C(C#N)C(c4ccc(OC)c(Cn5cccn5)c4)CC(=O)N32)cc1. The Balaban J connectivity index is 1.53. The molecule has 1 amide bonds. The van der Waals surface area contributed by atoms with Crippen LogP contribution in [0.4, 0.5) is 0 Å². The lowest BCUT2D eigenvalue weighted by Gasteiger charge is -2.38. The molecule has 0 bridgehead atoms. The summed E-state index contributed by atoms with van der Waals surface area (Å²) in [6, 6.07) is 16.9.